The average Bonchev–Trinajstić information content (AvgIpc) is 3.35. The van der Waals surface area contributed by atoms with Gasteiger partial charge in [0, 0.05) is 11.4 Å². The third-order valence-electron chi connectivity index (χ3n) is 3.13. The number of ether oxygens (including phenoxy) is 1. The van der Waals surface area contributed by atoms with Gasteiger partial charge in [0.05, 0.1) is 25.4 Å². The molecule has 6 N–H and O–H groups in total. The van der Waals surface area contributed by atoms with Gasteiger partial charge in [-0.2, -0.15) is 0 Å². The molecule has 0 amide bonds. The number of epoxide rings is 1. The van der Waals surface area contributed by atoms with E-state index in [0.29, 0.717) is 6.10 Å². The van der Waals surface area contributed by atoms with Crippen molar-refractivity contribution in [2.24, 2.45) is 0 Å². The minimum absolute atomic E-state index is 0.139. The van der Waals surface area contributed by atoms with Gasteiger partial charge in [-0.1, -0.05) is 24.3 Å². The summed E-state index contributed by atoms with van der Waals surface area (Å²) in [7, 11) is 0. The molecular formula is C19H28N2O3. The summed E-state index contributed by atoms with van der Waals surface area (Å²) in [5.41, 5.74) is 15.4. The zero-order valence-electron chi connectivity index (χ0n) is 14.4. The summed E-state index contributed by atoms with van der Waals surface area (Å²) in [6.07, 6.45) is 0.940. The minimum Gasteiger partial charge on any atom is -0.399 e. The van der Waals surface area contributed by atoms with Gasteiger partial charge >= 0.3 is 0 Å². The average molecular weight is 332 g/mol. The maximum atomic E-state index is 8.11. The number of nitrogens with two attached hydrogens (primary N) is 2. The molecule has 5 heteroatoms. The first-order valence-electron chi connectivity index (χ1n) is 8.00. The summed E-state index contributed by atoms with van der Waals surface area (Å²) in [6, 6.07) is 15.9. The summed E-state index contributed by atoms with van der Waals surface area (Å²) in [6.45, 7) is 4.43. The van der Waals surface area contributed by atoms with Gasteiger partial charge in [-0.25, -0.2) is 0 Å². The molecule has 2 aromatic rings. The standard InChI is InChI=1S/C13H14N2.C3H8O2.C3H6O/c14-12-5-1-10(2-6-12)9-11-3-7-13(15)8-4-11;1-3(5)2-4;1-3-2-4-3/h1-8H,9,14-15H2;3-5H,2H2,1H3;3H,2H2,1H3. The lowest BCUT2D eigenvalue weighted by Crippen LogP contribution is -2.03. The van der Waals surface area contributed by atoms with Crippen LogP contribution in [0.1, 0.15) is 25.0 Å². The summed E-state index contributed by atoms with van der Waals surface area (Å²) in [5.74, 6) is 0. The molecule has 132 valence electrons. The Morgan fingerprint density at radius 2 is 1.29 bits per heavy atom. The fourth-order valence-corrected chi connectivity index (χ4v) is 1.60. The molecule has 2 atom stereocenters. The highest BCUT2D eigenvalue weighted by molar-refractivity contribution is 5.43. The smallest absolute Gasteiger partial charge is 0.0781 e. The molecule has 0 spiro atoms. The van der Waals surface area contributed by atoms with Crippen molar-refractivity contribution in [1.82, 2.24) is 0 Å². The van der Waals surface area contributed by atoms with Gasteiger partial charge in [0.2, 0.25) is 0 Å². The van der Waals surface area contributed by atoms with E-state index in [-0.39, 0.29) is 6.61 Å². The molecule has 0 bridgehead atoms. The molecule has 0 aliphatic carbocycles. The Labute approximate surface area is 143 Å². The van der Waals surface area contributed by atoms with Crippen LogP contribution in [0.25, 0.3) is 0 Å². The Kier molecular flexibility index (Phi) is 8.86. The second-order valence-electron chi connectivity index (χ2n) is 5.84. The molecule has 2 unspecified atom stereocenters. The van der Waals surface area contributed by atoms with Crippen LogP contribution in [0.5, 0.6) is 0 Å². The summed E-state index contributed by atoms with van der Waals surface area (Å²) >= 11 is 0. The SMILES string of the molecule is CC(O)CO.CC1CO1.Nc1ccc(Cc2ccc(N)cc2)cc1. The number of hydrogen-bond acceptors (Lipinski definition) is 5. The van der Waals surface area contributed by atoms with Crippen molar-refractivity contribution >= 4 is 11.4 Å². The highest BCUT2D eigenvalue weighted by atomic mass is 16.6. The summed E-state index contributed by atoms with van der Waals surface area (Å²) in [4.78, 5) is 0. The van der Waals surface area contributed by atoms with Crippen LogP contribution in [0.15, 0.2) is 48.5 Å². The molecule has 5 nitrogen and oxygen atoms in total. The van der Waals surface area contributed by atoms with Crippen LogP contribution in [0.2, 0.25) is 0 Å². The Balaban J connectivity index is 0.000000263. The van der Waals surface area contributed by atoms with Crippen molar-refractivity contribution in [2.45, 2.75) is 32.5 Å². The van der Waals surface area contributed by atoms with E-state index in [2.05, 4.69) is 6.92 Å². The van der Waals surface area contributed by atoms with Crippen LogP contribution in [-0.4, -0.2) is 35.6 Å². The number of hydrogen-bond donors (Lipinski definition) is 4. The predicted octanol–water partition coefficient (Wildman–Crippen LogP) is 2.21. The van der Waals surface area contributed by atoms with Crippen LogP contribution in [0.4, 0.5) is 11.4 Å². The lowest BCUT2D eigenvalue weighted by Gasteiger charge is -2.02. The fraction of sp³-hybridized carbons (Fsp3) is 0.368. The quantitative estimate of drug-likeness (QED) is 0.509. The van der Waals surface area contributed by atoms with Crippen molar-refractivity contribution in [3.05, 3.63) is 59.7 Å². The van der Waals surface area contributed by atoms with Crippen LogP contribution >= 0.6 is 0 Å². The molecule has 24 heavy (non-hydrogen) atoms. The van der Waals surface area contributed by atoms with E-state index in [1.54, 1.807) is 0 Å². The van der Waals surface area contributed by atoms with Crippen molar-refractivity contribution in [3.63, 3.8) is 0 Å². The first-order chi connectivity index (χ1) is 11.4. The number of benzene rings is 2. The highest BCUT2D eigenvalue weighted by Gasteiger charge is 2.13. The van der Waals surface area contributed by atoms with E-state index < -0.39 is 6.10 Å². The minimum atomic E-state index is -0.560. The second kappa shape index (κ2) is 10.6. The van der Waals surface area contributed by atoms with Gasteiger partial charge in [0.25, 0.3) is 0 Å². The van der Waals surface area contributed by atoms with Gasteiger partial charge in [0.1, 0.15) is 0 Å². The van der Waals surface area contributed by atoms with Gasteiger partial charge in [-0.15, -0.1) is 0 Å². The number of aliphatic hydroxyl groups excluding tert-OH is 2. The number of aliphatic hydroxyl groups is 2. The molecular weight excluding hydrogens is 304 g/mol. The van der Waals surface area contributed by atoms with Crippen LogP contribution in [-0.2, 0) is 11.2 Å². The zero-order chi connectivity index (χ0) is 17.9. The molecule has 1 fully saturated rings. The third-order valence-corrected chi connectivity index (χ3v) is 3.13. The highest BCUT2D eigenvalue weighted by Crippen LogP contribution is 2.13. The monoisotopic (exact) mass is 332 g/mol. The summed E-state index contributed by atoms with van der Waals surface area (Å²) < 4.78 is 4.71. The van der Waals surface area contributed by atoms with Crippen molar-refractivity contribution in [2.75, 3.05) is 24.7 Å². The molecule has 0 saturated carbocycles. The van der Waals surface area contributed by atoms with Crippen molar-refractivity contribution in [1.29, 1.82) is 0 Å². The first-order valence-corrected chi connectivity index (χ1v) is 8.00. The number of rotatable bonds is 3. The largest absolute Gasteiger partial charge is 0.399 e. The van der Waals surface area contributed by atoms with Gasteiger partial charge < -0.3 is 26.4 Å². The Bertz CT molecular complexity index is 521. The molecule has 0 aromatic heterocycles. The van der Waals surface area contributed by atoms with Gasteiger partial charge in [0.15, 0.2) is 0 Å². The van der Waals surface area contributed by atoms with E-state index in [9.17, 15) is 0 Å². The Hall–Kier alpha value is -2.08. The molecule has 0 radical (unpaired) electrons. The van der Waals surface area contributed by atoms with E-state index >= 15 is 0 Å². The maximum Gasteiger partial charge on any atom is 0.0781 e. The fourth-order valence-electron chi connectivity index (χ4n) is 1.60. The lowest BCUT2D eigenvalue weighted by molar-refractivity contribution is 0.110. The van der Waals surface area contributed by atoms with E-state index in [4.69, 9.17) is 26.4 Å². The summed E-state index contributed by atoms with van der Waals surface area (Å²) in [5, 5.41) is 16.0. The molecule has 1 aliphatic heterocycles. The van der Waals surface area contributed by atoms with Crippen LogP contribution in [0.3, 0.4) is 0 Å². The second-order valence-corrected chi connectivity index (χ2v) is 5.84. The normalized spacial score (nSPS) is 16.1. The van der Waals surface area contributed by atoms with Crippen molar-refractivity contribution < 1.29 is 14.9 Å². The van der Waals surface area contributed by atoms with E-state index in [1.165, 1.54) is 18.1 Å². The van der Waals surface area contributed by atoms with Crippen molar-refractivity contribution in [3.8, 4) is 0 Å². The first kappa shape index (κ1) is 20.0. The Morgan fingerprint density at radius 1 is 1.00 bits per heavy atom. The predicted molar refractivity (Wildman–Crippen MR) is 98.7 cm³/mol. The molecule has 1 aliphatic rings. The zero-order valence-corrected chi connectivity index (χ0v) is 14.4. The van der Waals surface area contributed by atoms with Gasteiger partial charge in [-0.3, -0.25) is 0 Å². The Morgan fingerprint density at radius 3 is 1.50 bits per heavy atom. The van der Waals surface area contributed by atoms with Crippen LogP contribution < -0.4 is 11.5 Å². The van der Waals surface area contributed by atoms with E-state index in [1.807, 2.05) is 48.5 Å². The molecule has 1 heterocycles. The number of nitrogen functional groups attached to an aromatic ring is 2. The van der Waals surface area contributed by atoms with Gasteiger partial charge in [-0.05, 0) is 55.7 Å². The van der Waals surface area contributed by atoms with E-state index in [0.717, 1.165) is 24.4 Å². The molecule has 2 aromatic carbocycles. The maximum absolute atomic E-state index is 8.11. The third kappa shape index (κ3) is 9.84. The molecule has 3 rings (SSSR count). The molecule has 1 saturated heterocycles. The van der Waals surface area contributed by atoms with Crippen LogP contribution in [0, 0.1) is 0 Å². The lowest BCUT2D eigenvalue weighted by atomic mass is 10.0. The topological polar surface area (TPSA) is 105 Å². The number of anilines is 2.